The summed E-state index contributed by atoms with van der Waals surface area (Å²) in [6.07, 6.45) is 12.8. The van der Waals surface area contributed by atoms with E-state index in [9.17, 15) is 13.2 Å². The molecule has 0 spiro atoms. The van der Waals surface area contributed by atoms with Gasteiger partial charge in [-0.25, -0.2) is 13.2 Å². The first-order valence-corrected chi connectivity index (χ1v) is 7.96. The molecule has 0 heterocycles. The molecule has 3 atom stereocenters. The molecule has 2 saturated carbocycles. The van der Waals surface area contributed by atoms with E-state index >= 15 is 0 Å². The highest BCUT2D eigenvalue weighted by Crippen LogP contribution is 2.43. The summed E-state index contributed by atoms with van der Waals surface area (Å²) >= 11 is 0. The maximum Gasteiger partial charge on any atom is 0.194 e. The molecule has 0 saturated heterocycles. The van der Waals surface area contributed by atoms with Crippen LogP contribution >= 0.6 is 0 Å². The summed E-state index contributed by atoms with van der Waals surface area (Å²) in [6.45, 7) is 0. The Balaban J connectivity index is 1.66. The van der Waals surface area contributed by atoms with Gasteiger partial charge in [0, 0.05) is 0 Å². The van der Waals surface area contributed by atoms with Gasteiger partial charge in [-0.2, -0.15) is 0 Å². The van der Waals surface area contributed by atoms with Crippen molar-refractivity contribution in [2.24, 2.45) is 17.8 Å². The largest absolute Gasteiger partial charge is 0.204 e. The third kappa shape index (κ3) is 3.33. The minimum Gasteiger partial charge on any atom is -0.204 e. The lowest BCUT2D eigenvalue weighted by Crippen LogP contribution is -2.26. The van der Waals surface area contributed by atoms with Crippen LogP contribution in [0.3, 0.4) is 0 Å². The van der Waals surface area contributed by atoms with Crippen molar-refractivity contribution in [3.05, 3.63) is 41.2 Å². The maximum atomic E-state index is 13.2. The molecule has 1 aromatic rings. The average Bonchev–Trinajstić information content (AvgIpc) is 2.50. The molecule has 0 bridgehead atoms. The predicted molar refractivity (Wildman–Crippen MR) is 78.1 cm³/mol. The SMILES string of the molecule is Fc1cc(/C=C/C2CCC3CCCCC3C2)cc(F)c1F. The third-order valence-corrected chi connectivity index (χ3v) is 5.15. The van der Waals surface area contributed by atoms with Gasteiger partial charge in [0.05, 0.1) is 0 Å². The van der Waals surface area contributed by atoms with Crippen LogP contribution in [0.4, 0.5) is 13.2 Å². The van der Waals surface area contributed by atoms with E-state index in [2.05, 4.69) is 6.08 Å². The maximum absolute atomic E-state index is 13.2. The van der Waals surface area contributed by atoms with Crippen molar-refractivity contribution >= 4 is 6.08 Å². The molecule has 21 heavy (non-hydrogen) atoms. The van der Waals surface area contributed by atoms with Crippen LogP contribution in [0.2, 0.25) is 0 Å². The quantitative estimate of drug-likeness (QED) is 0.612. The molecule has 3 rings (SSSR count). The number of benzene rings is 1. The number of hydrogen-bond donors (Lipinski definition) is 0. The average molecular weight is 294 g/mol. The summed E-state index contributed by atoms with van der Waals surface area (Å²) in [5.41, 5.74) is 0.400. The van der Waals surface area contributed by atoms with Gasteiger partial charge < -0.3 is 0 Å². The Morgan fingerprint density at radius 3 is 2.24 bits per heavy atom. The van der Waals surface area contributed by atoms with Gasteiger partial charge in [0.1, 0.15) is 0 Å². The predicted octanol–water partition coefficient (Wildman–Crippen LogP) is 5.72. The zero-order valence-corrected chi connectivity index (χ0v) is 12.1. The van der Waals surface area contributed by atoms with Gasteiger partial charge in [0.25, 0.3) is 0 Å². The summed E-state index contributed by atoms with van der Waals surface area (Å²) in [5, 5.41) is 0. The second-order valence-corrected chi connectivity index (χ2v) is 6.54. The van der Waals surface area contributed by atoms with Crippen molar-refractivity contribution in [2.45, 2.75) is 44.9 Å². The molecule has 0 N–H and O–H groups in total. The molecule has 2 aliphatic rings. The standard InChI is InChI=1S/C18H21F3/c19-16-10-13(11-17(20)18(16)21)6-5-12-7-8-14-3-1-2-4-15(14)9-12/h5-6,10-12,14-15H,1-4,7-9H2/b6-5+. The van der Waals surface area contributed by atoms with Crippen LogP contribution in [0.1, 0.15) is 50.5 Å². The van der Waals surface area contributed by atoms with Gasteiger partial charge >= 0.3 is 0 Å². The van der Waals surface area contributed by atoms with Crippen LogP contribution in [0.5, 0.6) is 0 Å². The van der Waals surface area contributed by atoms with Crippen LogP contribution < -0.4 is 0 Å². The Hall–Kier alpha value is -1.25. The van der Waals surface area contributed by atoms with E-state index in [1.165, 1.54) is 38.5 Å². The first kappa shape index (κ1) is 14.7. The van der Waals surface area contributed by atoms with Crippen LogP contribution in [0.25, 0.3) is 6.08 Å². The minimum absolute atomic E-state index is 0.400. The van der Waals surface area contributed by atoms with Crippen molar-refractivity contribution in [1.29, 1.82) is 0 Å². The fourth-order valence-electron chi connectivity index (χ4n) is 4.00. The molecule has 0 aromatic heterocycles. The Morgan fingerprint density at radius 2 is 1.52 bits per heavy atom. The fourth-order valence-corrected chi connectivity index (χ4v) is 4.00. The molecule has 0 radical (unpaired) electrons. The van der Waals surface area contributed by atoms with E-state index in [1.807, 2.05) is 0 Å². The molecule has 3 unspecified atom stereocenters. The highest BCUT2D eigenvalue weighted by atomic mass is 19.2. The lowest BCUT2D eigenvalue weighted by atomic mass is 9.67. The highest BCUT2D eigenvalue weighted by Gasteiger charge is 2.30. The second-order valence-electron chi connectivity index (χ2n) is 6.54. The summed E-state index contributed by atoms with van der Waals surface area (Å²) in [7, 11) is 0. The first-order chi connectivity index (χ1) is 10.1. The lowest BCUT2D eigenvalue weighted by Gasteiger charge is -2.38. The molecule has 1 aromatic carbocycles. The zero-order chi connectivity index (χ0) is 14.8. The molecule has 3 heteroatoms. The minimum atomic E-state index is -1.39. The normalized spacial score (nSPS) is 29.6. The molecule has 2 aliphatic carbocycles. The Bertz CT molecular complexity index is 512. The fraction of sp³-hybridized carbons (Fsp3) is 0.556. The van der Waals surface area contributed by atoms with Crippen LogP contribution in [0.15, 0.2) is 18.2 Å². The van der Waals surface area contributed by atoms with Gasteiger partial charge in [-0.3, -0.25) is 0 Å². The van der Waals surface area contributed by atoms with Gasteiger partial charge in [0.2, 0.25) is 0 Å². The second kappa shape index (κ2) is 6.25. The molecule has 0 nitrogen and oxygen atoms in total. The molecule has 2 fully saturated rings. The molecular formula is C18H21F3. The monoisotopic (exact) mass is 294 g/mol. The van der Waals surface area contributed by atoms with Crippen molar-refractivity contribution in [1.82, 2.24) is 0 Å². The smallest absolute Gasteiger partial charge is 0.194 e. The van der Waals surface area contributed by atoms with Crippen LogP contribution in [0, 0.1) is 35.2 Å². The Labute approximate surface area is 124 Å². The Morgan fingerprint density at radius 1 is 0.857 bits per heavy atom. The van der Waals surface area contributed by atoms with Crippen molar-refractivity contribution in [2.75, 3.05) is 0 Å². The number of halogens is 3. The van der Waals surface area contributed by atoms with Crippen LogP contribution in [-0.2, 0) is 0 Å². The van der Waals surface area contributed by atoms with Crippen molar-refractivity contribution in [3.63, 3.8) is 0 Å². The van der Waals surface area contributed by atoms with E-state index in [0.717, 1.165) is 30.4 Å². The zero-order valence-electron chi connectivity index (χ0n) is 12.1. The van der Waals surface area contributed by atoms with Gasteiger partial charge in [-0.1, -0.05) is 37.8 Å². The molecule has 0 aliphatic heterocycles. The summed E-state index contributed by atoms with van der Waals surface area (Å²) in [6, 6.07) is 2.11. The number of allylic oxidation sites excluding steroid dienone is 1. The van der Waals surface area contributed by atoms with Gasteiger partial charge in [0.15, 0.2) is 17.5 Å². The van der Waals surface area contributed by atoms with E-state index < -0.39 is 17.5 Å². The number of hydrogen-bond acceptors (Lipinski definition) is 0. The highest BCUT2D eigenvalue weighted by molar-refractivity contribution is 5.49. The van der Waals surface area contributed by atoms with Crippen molar-refractivity contribution in [3.8, 4) is 0 Å². The van der Waals surface area contributed by atoms with Crippen LogP contribution in [-0.4, -0.2) is 0 Å². The van der Waals surface area contributed by atoms with Crippen molar-refractivity contribution < 1.29 is 13.2 Å². The van der Waals surface area contributed by atoms with E-state index in [-0.39, 0.29) is 0 Å². The topological polar surface area (TPSA) is 0 Å². The Kier molecular flexibility index (Phi) is 4.37. The molecular weight excluding hydrogens is 273 g/mol. The van der Waals surface area contributed by atoms with Gasteiger partial charge in [-0.05, 0) is 54.7 Å². The number of fused-ring (bicyclic) bond motifs is 1. The molecule has 0 amide bonds. The first-order valence-electron chi connectivity index (χ1n) is 7.96. The van der Waals surface area contributed by atoms with E-state index in [0.29, 0.717) is 11.5 Å². The lowest BCUT2D eigenvalue weighted by molar-refractivity contribution is 0.147. The number of rotatable bonds is 2. The summed E-state index contributed by atoms with van der Waals surface area (Å²) < 4.78 is 39.3. The third-order valence-electron chi connectivity index (χ3n) is 5.15. The summed E-state index contributed by atoms with van der Waals surface area (Å²) in [5.74, 6) is -1.43. The van der Waals surface area contributed by atoms with Gasteiger partial charge in [-0.15, -0.1) is 0 Å². The van der Waals surface area contributed by atoms with E-state index in [4.69, 9.17) is 0 Å². The summed E-state index contributed by atoms with van der Waals surface area (Å²) in [4.78, 5) is 0. The van der Waals surface area contributed by atoms with E-state index in [1.54, 1.807) is 6.08 Å². The molecule has 114 valence electrons.